The van der Waals surface area contributed by atoms with Gasteiger partial charge in [0, 0.05) is 5.75 Å². The molecule has 3 aromatic rings. The van der Waals surface area contributed by atoms with E-state index in [9.17, 15) is 0 Å². The van der Waals surface area contributed by atoms with Crippen molar-refractivity contribution in [2.45, 2.75) is 33.2 Å². The molecule has 138 valence electrons. The molecule has 2 nitrogen and oxygen atoms in total. The van der Waals surface area contributed by atoms with Crippen LogP contribution >= 0.6 is 11.8 Å². The molecule has 0 bridgehead atoms. The maximum Gasteiger partial charge on any atom is 0.157 e. The molecule has 0 aromatic heterocycles. The maximum atomic E-state index is 4.64. The molecule has 4 rings (SSSR count). The third kappa shape index (κ3) is 4.19. The van der Waals surface area contributed by atoms with Crippen molar-refractivity contribution in [3.8, 4) is 0 Å². The summed E-state index contributed by atoms with van der Waals surface area (Å²) in [4.78, 5) is 4.64. The minimum absolute atomic E-state index is 0.210. The Hall–Kier alpha value is -2.26. The number of thioether (sulfide) groups is 1. The second-order valence-electron chi connectivity index (χ2n) is 7.50. The van der Waals surface area contributed by atoms with Crippen LogP contribution in [0.3, 0.4) is 0 Å². The van der Waals surface area contributed by atoms with Gasteiger partial charge in [0.1, 0.15) is 0 Å². The Kier molecular flexibility index (Phi) is 5.22. The normalized spacial score (nSPS) is 15.0. The summed E-state index contributed by atoms with van der Waals surface area (Å²) in [5.41, 5.74) is 6.67. The van der Waals surface area contributed by atoms with Crippen molar-refractivity contribution in [2.75, 3.05) is 12.3 Å². The van der Waals surface area contributed by atoms with Gasteiger partial charge in [-0.2, -0.15) is 0 Å². The molecule has 0 aliphatic carbocycles. The highest BCUT2D eigenvalue weighted by Crippen LogP contribution is 2.29. The fraction of sp³-hybridized carbons (Fsp3) is 0.292. The number of aliphatic imine (C=N–C) groups is 1. The van der Waals surface area contributed by atoms with Gasteiger partial charge in [-0.25, -0.2) is 0 Å². The van der Waals surface area contributed by atoms with Crippen LogP contribution in [0.2, 0.25) is 0 Å². The first-order valence-corrected chi connectivity index (χ1v) is 10.6. The van der Waals surface area contributed by atoms with Crippen LogP contribution in [0.5, 0.6) is 0 Å². The van der Waals surface area contributed by atoms with Gasteiger partial charge < -0.3 is 5.32 Å². The third-order valence-electron chi connectivity index (χ3n) is 5.05. The summed E-state index contributed by atoms with van der Waals surface area (Å²) in [5.74, 6) is 1.08. The van der Waals surface area contributed by atoms with Crippen LogP contribution in [0.15, 0.2) is 59.6 Å². The van der Waals surface area contributed by atoms with E-state index in [1.165, 1.54) is 38.6 Å². The van der Waals surface area contributed by atoms with Gasteiger partial charge in [-0.15, -0.1) is 0 Å². The van der Waals surface area contributed by atoms with Gasteiger partial charge in [0.05, 0.1) is 12.6 Å². The number of nitrogens with zero attached hydrogens (tertiary/aromatic N) is 1. The van der Waals surface area contributed by atoms with Crippen LogP contribution in [0.25, 0.3) is 10.8 Å². The van der Waals surface area contributed by atoms with E-state index in [1.807, 2.05) is 11.8 Å². The van der Waals surface area contributed by atoms with E-state index in [1.54, 1.807) is 0 Å². The molecule has 1 aliphatic rings. The van der Waals surface area contributed by atoms with Crippen LogP contribution in [0, 0.1) is 20.8 Å². The maximum absolute atomic E-state index is 4.64. The molecule has 27 heavy (non-hydrogen) atoms. The third-order valence-corrected chi connectivity index (χ3v) is 5.96. The molecule has 0 saturated heterocycles. The Bertz CT molecular complexity index is 986. The number of hydrogen-bond donors (Lipinski definition) is 1. The van der Waals surface area contributed by atoms with Crippen molar-refractivity contribution in [3.63, 3.8) is 0 Å². The molecule has 0 radical (unpaired) electrons. The second-order valence-corrected chi connectivity index (χ2v) is 8.59. The van der Waals surface area contributed by atoms with Gasteiger partial charge in [0.2, 0.25) is 0 Å². The van der Waals surface area contributed by atoms with Crippen LogP contribution in [-0.4, -0.2) is 17.5 Å². The second kappa shape index (κ2) is 7.77. The molecule has 1 atom stereocenters. The van der Waals surface area contributed by atoms with Gasteiger partial charge in [-0.1, -0.05) is 83.0 Å². The van der Waals surface area contributed by atoms with Crippen LogP contribution in [0.1, 0.15) is 33.9 Å². The lowest BCUT2D eigenvalue weighted by Gasteiger charge is -2.22. The fourth-order valence-electron chi connectivity index (χ4n) is 3.96. The van der Waals surface area contributed by atoms with E-state index >= 15 is 0 Å². The predicted molar refractivity (Wildman–Crippen MR) is 119 cm³/mol. The summed E-state index contributed by atoms with van der Waals surface area (Å²) >= 11 is 1.83. The largest absolute Gasteiger partial charge is 0.358 e. The summed E-state index contributed by atoms with van der Waals surface area (Å²) in [7, 11) is 0. The predicted octanol–water partition coefficient (Wildman–Crippen LogP) is 5.74. The van der Waals surface area contributed by atoms with Gasteiger partial charge in [-0.3, -0.25) is 4.99 Å². The monoisotopic (exact) mass is 374 g/mol. The number of rotatable bonds is 4. The van der Waals surface area contributed by atoms with Crippen LogP contribution in [0.4, 0.5) is 0 Å². The fourth-order valence-corrected chi connectivity index (χ4v) is 4.75. The van der Waals surface area contributed by atoms with E-state index in [0.717, 1.165) is 23.9 Å². The highest BCUT2D eigenvalue weighted by atomic mass is 32.2. The topological polar surface area (TPSA) is 24.4 Å². The Morgan fingerprint density at radius 3 is 2.52 bits per heavy atom. The number of hydrogen-bond acceptors (Lipinski definition) is 3. The average Bonchev–Trinajstić information content (AvgIpc) is 3.12. The zero-order valence-corrected chi connectivity index (χ0v) is 17.1. The SMILES string of the molecule is Cc1cc(C)cc(CC(NC2=NCCS2)c2cccc3cc(C)ccc23)c1. The summed E-state index contributed by atoms with van der Waals surface area (Å²) in [6.07, 6.45) is 0.953. The molecule has 1 unspecified atom stereocenters. The van der Waals surface area contributed by atoms with Crippen molar-refractivity contribution in [2.24, 2.45) is 4.99 Å². The molecule has 0 fully saturated rings. The lowest BCUT2D eigenvalue weighted by Crippen LogP contribution is -2.27. The first-order chi connectivity index (χ1) is 13.1. The van der Waals surface area contributed by atoms with E-state index in [2.05, 4.69) is 85.7 Å². The number of benzene rings is 3. The zero-order valence-electron chi connectivity index (χ0n) is 16.3. The first kappa shape index (κ1) is 18.1. The zero-order chi connectivity index (χ0) is 18.8. The molecule has 1 N–H and O–H groups in total. The Labute approximate surface area is 166 Å². The van der Waals surface area contributed by atoms with E-state index in [4.69, 9.17) is 0 Å². The molecule has 0 spiro atoms. The molecule has 3 heteroatoms. The van der Waals surface area contributed by atoms with Crippen molar-refractivity contribution in [1.82, 2.24) is 5.32 Å². The van der Waals surface area contributed by atoms with Crippen molar-refractivity contribution in [3.05, 3.63) is 82.4 Å². The lowest BCUT2D eigenvalue weighted by molar-refractivity contribution is 0.653. The molecule has 0 saturated carbocycles. The molecule has 0 amide bonds. The van der Waals surface area contributed by atoms with E-state index < -0.39 is 0 Å². The lowest BCUT2D eigenvalue weighted by atomic mass is 9.92. The van der Waals surface area contributed by atoms with Crippen molar-refractivity contribution < 1.29 is 0 Å². The average molecular weight is 375 g/mol. The quantitative estimate of drug-likeness (QED) is 0.629. The Morgan fingerprint density at radius 2 is 1.78 bits per heavy atom. The standard InChI is InChI=1S/C24H26N2S/c1-16-7-8-21-20(14-16)5-4-6-22(21)23(26-24-25-9-10-27-24)15-19-12-17(2)11-18(3)13-19/h4-8,11-14,23H,9-10,15H2,1-3H3,(H,25,26). The first-order valence-electron chi connectivity index (χ1n) is 9.59. The smallest absolute Gasteiger partial charge is 0.157 e. The van der Waals surface area contributed by atoms with Crippen molar-refractivity contribution in [1.29, 1.82) is 0 Å². The number of nitrogens with one attached hydrogen (secondary N) is 1. The highest BCUT2D eigenvalue weighted by Gasteiger charge is 2.19. The minimum atomic E-state index is 0.210. The molecular formula is C24H26N2S. The molecular weight excluding hydrogens is 348 g/mol. The van der Waals surface area contributed by atoms with Gasteiger partial charge in [0.15, 0.2) is 5.17 Å². The summed E-state index contributed by atoms with van der Waals surface area (Å²) in [6, 6.07) is 20.5. The Morgan fingerprint density at radius 1 is 0.963 bits per heavy atom. The minimum Gasteiger partial charge on any atom is -0.358 e. The van der Waals surface area contributed by atoms with Gasteiger partial charge in [0.25, 0.3) is 0 Å². The molecule has 1 heterocycles. The summed E-state index contributed by atoms with van der Waals surface area (Å²) in [6.45, 7) is 7.42. The van der Waals surface area contributed by atoms with Gasteiger partial charge in [-0.05, 0) is 49.1 Å². The van der Waals surface area contributed by atoms with Crippen LogP contribution < -0.4 is 5.32 Å². The van der Waals surface area contributed by atoms with E-state index in [-0.39, 0.29) is 6.04 Å². The molecule has 1 aliphatic heterocycles. The van der Waals surface area contributed by atoms with Gasteiger partial charge >= 0.3 is 0 Å². The summed E-state index contributed by atoms with van der Waals surface area (Å²) in [5, 5.41) is 7.45. The number of amidine groups is 1. The number of aryl methyl sites for hydroxylation is 3. The number of fused-ring (bicyclic) bond motifs is 1. The Balaban J connectivity index is 1.75. The van der Waals surface area contributed by atoms with Crippen LogP contribution in [-0.2, 0) is 6.42 Å². The van der Waals surface area contributed by atoms with Crippen molar-refractivity contribution >= 4 is 27.7 Å². The highest BCUT2D eigenvalue weighted by molar-refractivity contribution is 8.14. The summed E-state index contributed by atoms with van der Waals surface area (Å²) < 4.78 is 0. The molecule has 3 aromatic carbocycles. The van der Waals surface area contributed by atoms with E-state index in [0.29, 0.717) is 0 Å².